The molecule has 1 heterocycles. The smallest absolute Gasteiger partial charge is 0.0809 e. The molecule has 0 radical (unpaired) electrons. The second-order valence-corrected chi connectivity index (χ2v) is 10.5. The molecule has 2 N–H and O–H groups in total. The Labute approximate surface area is 152 Å². The van der Waals surface area contributed by atoms with Crippen LogP contribution in [0.2, 0.25) is 0 Å². The topological polar surface area (TPSA) is 43.7 Å². The first kappa shape index (κ1) is 16.8. The molecule has 7 atom stereocenters. The van der Waals surface area contributed by atoms with Crippen LogP contribution in [0.25, 0.3) is 0 Å². The molecule has 5 saturated carbocycles. The van der Waals surface area contributed by atoms with Crippen molar-refractivity contribution in [2.75, 3.05) is 26.2 Å². The number of hydrogen-bond acceptors (Lipinski definition) is 3. The number of likely N-dealkylation sites (tertiary alicyclic amines) is 1. The summed E-state index contributed by atoms with van der Waals surface area (Å²) < 4.78 is 0. The highest BCUT2D eigenvalue weighted by Gasteiger charge is 2.69. The van der Waals surface area contributed by atoms with Crippen LogP contribution in [0.15, 0.2) is 12.2 Å². The summed E-state index contributed by atoms with van der Waals surface area (Å²) in [5.74, 6) is 2.04. The van der Waals surface area contributed by atoms with Gasteiger partial charge in [0.25, 0.3) is 0 Å². The number of rotatable bonds is 2. The van der Waals surface area contributed by atoms with E-state index < -0.39 is 0 Å². The second-order valence-electron chi connectivity index (χ2n) is 10.5. The molecule has 0 aromatic heterocycles. The van der Waals surface area contributed by atoms with Gasteiger partial charge in [-0.15, -0.1) is 0 Å². The van der Waals surface area contributed by atoms with Crippen molar-refractivity contribution in [2.45, 2.75) is 64.4 Å². The molecule has 0 amide bonds. The molecule has 6 rings (SSSR count). The number of piperidine rings is 1. The minimum Gasteiger partial charge on any atom is -0.395 e. The monoisotopic (exact) mass is 345 g/mol. The molecule has 3 nitrogen and oxygen atoms in total. The molecule has 0 unspecified atom stereocenters. The number of nitrogens with zero attached hydrogens (tertiary/aromatic N) is 1. The normalized spacial score (nSPS) is 54.9. The van der Waals surface area contributed by atoms with Crippen molar-refractivity contribution in [3.63, 3.8) is 0 Å². The minimum absolute atomic E-state index is 0.114. The summed E-state index contributed by atoms with van der Waals surface area (Å²) in [6.45, 7) is 10.3. The Kier molecular flexibility index (Phi) is 3.57. The van der Waals surface area contributed by atoms with Crippen molar-refractivity contribution in [3.05, 3.63) is 12.2 Å². The lowest BCUT2D eigenvalue weighted by Crippen LogP contribution is -2.71. The number of β-amino-alcohol motifs (C(OH)–C–C–N with tert-alkyl or cyclic N) is 1. The zero-order valence-electron chi connectivity index (χ0n) is 15.8. The first-order chi connectivity index (χ1) is 12.0. The van der Waals surface area contributed by atoms with Crippen LogP contribution < -0.4 is 0 Å². The third kappa shape index (κ3) is 1.98. The van der Waals surface area contributed by atoms with Crippen LogP contribution in [0.4, 0.5) is 0 Å². The van der Waals surface area contributed by atoms with E-state index in [0.717, 1.165) is 24.6 Å². The molecule has 25 heavy (non-hydrogen) atoms. The molecule has 1 aliphatic heterocycles. The Balaban J connectivity index is 1.59. The predicted octanol–water partition coefficient (Wildman–Crippen LogP) is 3.21. The van der Waals surface area contributed by atoms with Crippen LogP contribution in [0.5, 0.6) is 0 Å². The SMILES string of the molecule is C=C1[C@@H]2CC[C@@]3(CC[C@@H]4[C@@]5(C)CCC[C@@]4(CN(CCO)C5)[C@@H]3C2)[C@@H]1O. The van der Waals surface area contributed by atoms with Crippen molar-refractivity contribution in [2.24, 2.45) is 34.0 Å². The molecule has 1 spiro atoms. The third-order valence-corrected chi connectivity index (χ3v) is 9.63. The van der Waals surface area contributed by atoms with Gasteiger partial charge in [0, 0.05) is 25.0 Å². The molecule has 3 heteroatoms. The Morgan fingerprint density at radius 1 is 1.08 bits per heavy atom. The third-order valence-electron chi connectivity index (χ3n) is 9.63. The molecular formula is C22H35NO2. The number of hydrogen-bond donors (Lipinski definition) is 2. The van der Waals surface area contributed by atoms with Crippen LogP contribution in [0, 0.1) is 34.0 Å². The van der Waals surface area contributed by atoms with E-state index in [1.807, 2.05) is 0 Å². The van der Waals surface area contributed by atoms with E-state index in [-0.39, 0.29) is 18.1 Å². The lowest BCUT2D eigenvalue weighted by atomic mass is 9.35. The van der Waals surface area contributed by atoms with Gasteiger partial charge in [0.05, 0.1) is 12.7 Å². The maximum absolute atomic E-state index is 11.2. The van der Waals surface area contributed by atoms with Gasteiger partial charge in [-0.1, -0.05) is 19.9 Å². The molecular weight excluding hydrogens is 310 g/mol. The van der Waals surface area contributed by atoms with E-state index in [2.05, 4.69) is 18.4 Å². The van der Waals surface area contributed by atoms with E-state index in [9.17, 15) is 10.2 Å². The van der Waals surface area contributed by atoms with Crippen LogP contribution in [0.3, 0.4) is 0 Å². The molecule has 140 valence electrons. The standard InChI is InChI=1S/C22H35NO2/c1-15-16-4-8-21(19(15)25)9-5-17-20(2)6-3-7-22(17,18(21)12-16)14-23(13-20)10-11-24/h16-19,24-25H,1,3-14H2,2H3/t16-,17-,18-,19-,20+,21+,22+/m1/s1. The molecule has 1 saturated heterocycles. The minimum atomic E-state index is -0.262. The summed E-state index contributed by atoms with van der Waals surface area (Å²) in [5.41, 5.74) is 2.05. The highest BCUT2D eigenvalue weighted by Crippen LogP contribution is 2.73. The van der Waals surface area contributed by atoms with Gasteiger partial charge >= 0.3 is 0 Å². The summed E-state index contributed by atoms with van der Waals surface area (Å²) in [6, 6.07) is 0. The lowest BCUT2D eigenvalue weighted by molar-refractivity contribution is -0.240. The first-order valence-corrected chi connectivity index (χ1v) is 10.7. The maximum Gasteiger partial charge on any atom is 0.0809 e. The second kappa shape index (κ2) is 5.33. The maximum atomic E-state index is 11.2. The summed E-state index contributed by atoms with van der Waals surface area (Å²) in [5, 5.41) is 20.8. The van der Waals surface area contributed by atoms with E-state index in [4.69, 9.17) is 0 Å². The predicted molar refractivity (Wildman–Crippen MR) is 99.1 cm³/mol. The van der Waals surface area contributed by atoms with Gasteiger partial charge in [-0.05, 0) is 79.1 Å². The van der Waals surface area contributed by atoms with Crippen molar-refractivity contribution >= 4 is 0 Å². The zero-order valence-corrected chi connectivity index (χ0v) is 15.8. The summed E-state index contributed by atoms with van der Waals surface area (Å²) in [6.07, 6.45) is 10.0. The average molecular weight is 346 g/mol. The molecule has 6 aliphatic rings. The van der Waals surface area contributed by atoms with E-state index >= 15 is 0 Å². The Hall–Kier alpha value is -0.380. The lowest BCUT2D eigenvalue weighted by Gasteiger charge is -2.73. The van der Waals surface area contributed by atoms with E-state index in [1.54, 1.807) is 0 Å². The fourth-order valence-electron chi connectivity index (χ4n) is 8.86. The van der Waals surface area contributed by atoms with E-state index in [0.29, 0.717) is 22.7 Å². The van der Waals surface area contributed by atoms with Gasteiger partial charge in [-0.25, -0.2) is 0 Å². The summed E-state index contributed by atoms with van der Waals surface area (Å²) in [7, 11) is 0. The van der Waals surface area contributed by atoms with Crippen LogP contribution in [-0.2, 0) is 0 Å². The first-order valence-electron chi connectivity index (χ1n) is 10.7. The Bertz CT molecular complexity index is 591. The fraction of sp³-hybridized carbons (Fsp3) is 0.909. The zero-order chi connectivity index (χ0) is 17.4. The molecule has 6 fully saturated rings. The van der Waals surface area contributed by atoms with Crippen molar-refractivity contribution in [1.29, 1.82) is 0 Å². The van der Waals surface area contributed by atoms with Gasteiger partial charge in [0.1, 0.15) is 0 Å². The molecule has 0 aromatic rings. The molecule has 5 aliphatic carbocycles. The highest BCUT2D eigenvalue weighted by molar-refractivity contribution is 5.27. The fourth-order valence-corrected chi connectivity index (χ4v) is 8.86. The summed E-state index contributed by atoms with van der Waals surface area (Å²) >= 11 is 0. The average Bonchev–Trinajstić information content (AvgIpc) is 2.58. The largest absolute Gasteiger partial charge is 0.395 e. The number of aliphatic hydroxyl groups is 2. The van der Waals surface area contributed by atoms with Crippen LogP contribution in [0.1, 0.15) is 58.3 Å². The Morgan fingerprint density at radius 2 is 1.88 bits per heavy atom. The molecule has 4 bridgehead atoms. The molecule has 0 aromatic carbocycles. The van der Waals surface area contributed by atoms with Gasteiger partial charge in [-0.2, -0.15) is 0 Å². The quantitative estimate of drug-likeness (QED) is 0.755. The number of aliphatic hydroxyl groups excluding tert-OH is 2. The number of fused-ring (bicyclic) bond motifs is 2. The Morgan fingerprint density at radius 3 is 2.68 bits per heavy atom. The van der Waals surface area contributed by atoms with Crippen molar-refractivity contribution in [3.8, 4) is 0 Å². The van der Waals surface area contributed by atoms with Crippen molar-refractivity contribution in [1.82, 2.24) is 4.90 Å². The van der Waals surface area contributed by atoms with Gasteiger partial charge in [-0.3, -0.25) is 4.90 Å². The van der Waals surface area contributed by atoms with Crippen LogP contribution in [-0.4, -0.2) is 47.5 Å². The van der Waals surface area contributed by atoms with Crippen LogP contribution >= 0.6 is 0 Å². The highest BCUT2D eigenvalue weighted by atomic mass is 16.3. The van der Waals surface area contributed by atoms with Gasteiger partial charge in [0.2, 0.25) is 0 Å². The van der Waals surface area contributed by atoms with E-state index in [1.165, 1.54) is 57.9 Å². The van der Waals surface area contributed by atoms with Gasteiger partial charge in [0.15, 0.2) is 0 Å². The van der Waals surface area contributed by atoms with Gasteiger partial charge < -0.3 is 10.2 Å². The summed E-state index contributed by atoms with van der Waals surface area (Å²) in [4.78, 5) is 2.57. The van der Waals surface area contributed by atoms with Crippen molar-refractivity contribution < 1.29 is 10.2 Å².